The van der Waals surface area contributed by atoms with Crippen molar-refractivity contribution in [3.63, 3.8) is 0 Å². The van der Waals surface area contributed by atoms with Crippen LogP contribution in [-0.2, 0) is 6.42 Å². The third-order valence-electron chi connectivity index (χ3n) is 3.75. The largest absolute Gasteiger partial charge is 0.314 e. The number of nitrogens with one attached hydrogen (secondary N) is 1. The number of rotatable bonds is 10. The summed E-state index contributed by atoms with van der Waals surface area (Å²) in [5, 5.41) is 4.50. The van der Waals surface area contributed by atoms with Crippen LogP contribution < -0.4 is 5.32 Å². The van der Waals surface area contributed by atoms with E-state index in [2.05, 4.69) is 38.2 Å². The molecule has 0 spiro atoms. The molecule has 0 radical (unpaired) electrons. The number of halogens is 1. The Labute approximate surface area is 130 Å². The zero-order chi connectivity index (χ0) is 14.8. The van der Waals surface area contributed by atoms with Gasteiger partial charge in [-0.3, -0.25) is 0 Å². The van der Waals surface area contributed by atoms with E-state index >= 15 is 0 Å². The van der Waals surface area contributed by atoms with Gasteiger partial charge in [0.1, 0.15) is 0 Å². The van der Waals surface area contributed by atoms with Crippen molar-refractivity contribution in [3.05, 3.63) is 34.9 Å². The van der Waals surface area contributed by atoms with Crippen molar-refractivity contribution in [2.24, 2.45) is 5.92 Å². The van der Waals surface area contributed by atoms with Crippen LogP contribution in [0.2, 0.25) is 5.02 Å². The van der Waals surface area contributed by atoms with E-state index in [9.17, 15) is 0 Å². The molecule has 2 heteroatoms. The summed E-state index contributed by atoms with van der Waals surface area (Å²) in [6.45, 7) is 7.78. The van der Waals surface area contributed by atoms with Crippen LogP contribution in [0.15, 0.2) is 24.3 Å². The lowest BCUT2D eigenvalue weighted by Crippen LogP contribution is -2.30. The summed E-state index contributed by atoms with van der Waals surface area (Å²) in [5.41, 5.74) is 1.29. The molecule has 1 N–H and O–H groups in total. The van der Waals surface area contributed by atoms with E-state index in [1.54, 1.807) is 0 Å². The fraction of sp³-hybridized carbons (Fsp3) is 0.667. The molecule has 1 aromatic carbocycles. The van der Waals surface area contributed by atoms with Gasteiger partial charge in [-0.15, -0.1) is 0 Å². The molecule has 0 bridgehead atoms. The third-order valence-corrected chi connectivity index (χ3v) is 4.12. The standard InChI is InChI=1S/C18H30ClN/c1-4-5-6-7-10-16(14-20-15(2)3)13-17-11-8-9-12-18(17)19/h8-9,11-12,15-16,20H,4-7,10,13-14H2,1-3H3. The third kappa shape index (κ3) is 7.31. The molecule has 1 unspecified atom stereocenters. The second-order valence-corrected chi connectivity index (χ2v) is 6.48. The Kier molecular flexibility index (Phi) is 8.97. The smallest absolute Gasteiger partial charge is 0.0438 e. The Morgan fingerprint density at radius 2 is 1.85 bits per heavy atom. The molecule has 0 aliphatic heterocycles. The first-order valence-corrected chi connectivity index (χ1v) is 8.48. The van der Waals surface area contributed by atoms with Crippen molar-refractivity contribution >= 4 is 11.6 Å². The van der Waals surface area contributed by atoms with Gasteiger partial charge >= 0.3 is 0 Å². The highest BCUT2D eigenvalue weighted by Crippen LogP contribution is 2.22. The molecule has 1 nitrogen and oxygen atoms in total. The molecule has 0 amide bonds. The highest BCUT2D eigenvalue weighted by Gasteiger charge is 2.12. The topological polar surface area (TPSA) is 12.0 Å². The molecule has 0 aliphatic rings. The minimum atomic E-state index is 0.555. The first-order chi connectivity index (χ1) is 9.63. The van der Waals surface area contributed by atoms with Gasteiger partial charge in [0.25, 0.3) is 0 Å². The lowest BCUT2D eigenvalue weighted by atomic mass is 9.93. The number of hydrogen-bond donors (Lipinski definition) is 1. The molecule has 1 atom stereocenters. The zero-order valence-corrected chi connectivity index (χ0v) is 14.0. The van der Waals surface area contributed by atoms with E-state index in [0.717, 1.165) is 18.0 Å². The van der Waals surface area contributed by atoms with E-state index in [1.165, 1.54) is 37.7 Å². The van der Waals surface area contributed by atoms with Crippen LogP contribution >= 0.6 is 11.6 Å². The van der Waals surface area contributed by atoms with Crippen LogP contribution in [0, 0.1) is 5.92 Å². The van der Waals surface area contributed by atoms with Gasteiger partial charge in [0.05, 0.1) is 0 Å². The molecule has 20 heavy (non-hydrogen) atoms. The van der Waals surface area contributed by atoms with Gasteiger partial charge in [-0.1, -0.05) is 76.3 Å². The molecule has 0 saturated heterocycles. The summed E-state index contributed by atoms with van der Waals surface area (Å²) in [4.78, 5) is 0. The highest BCUT2D eigenvalue weighted by molar-refractivity contribution is 6.31. The average molecular weight is 296 g/mol. The van der Waals surface area contributed by atoms with Crippen LogP contribution in [0.25, 0.3) is 0 Å². The predicted molar refractivity (Wildman–Crippen MR) is 90.5 cm³/mol. The van der Waals surface area contributed by atoms with Gasteiger partial charge in [-0.05, 0) is 36.9 Å². The maximum atomic E-state index is 6.29. The predicted octanol–water partition coefficient (Wildman–Crippen LogP) is 5.47. The van der Waals surface area contributed by atoms with Crippen molar-refractivity contribution in [1.29, 1.82) is 0 Å². The van der Waals surface area contributed by atoms with Gasteiger partial charge < -0.3 is 5.32 Å². The van der Waals surface area contributed by atoms with Crippen LogP contribution in [0.4, 0.5) is 0 Å². The minimum absolute atomic E-state index is 0.555. The number of benzene rings is 1. The quantitative estimate of drug-likeness (QED) is 0.565. The zero-order valence-electron chi connectivity index (χ0n) is 13.3. The number of hydrogen-bond acceptors (Lipinski definition) is 1. The molecular weight excluding hydrogens is 266 g/mol. The maximum absolute atomic E-state index is 6.29. The molecule has 1 aromatic rings. The van der Waals surface area contributed by atoms with E-state index < -0.39 is 0 Å². The summed E-state index contributed by atoms with van der Waals surface area (Å²) in [6, 6.07) is 8.82. The summed E-state index contributed by atoms with van der Waals surface area (Å²) in [6.07, 6.45) is 7.74. The molecule has 0 saturated carbocycles. The first-order valence-electron chi connectivity index (χ1n) is 8.10. The van der Waals surface area contributed by atoms with Gasteiger partial charge in [0.15, 0.2) is 0 Å². The van der Waals surface area contributed by atoms with Gasteiger partial charge in [0, 0.05) is 11.1 Å². The van der Waals surface area contributed by atoms with Crippen LogP contribution in [0.3, 0.4) is 0 Å². The highest BCUT2D eigenvalue weighted by atomic mass is 35.5. The summed E-state index contributed by atoms with van der Waals surface area (Å²) >= 11 is 6.29. The Morgan fingerprint density at radius 3 is 2.50 bits per heavy atom. The Morgan fingerprint density at radius 1 is 1.10 bits per heavy atom. The molecule has 1 rings (SSSR count). The summed E-state index contributed by atoms with van der Waals surface area (Å²) < 4.78 is 0. The van der Waals surface area contributed by atoms with Crippen molar-refractivity contribution in [2.45, 2.75) is 65.3 Å². The van der Waals surface area contributed by atoms with Crippen LogP contribution in [0.1, 0.15) is 58.4 Å². The minimum Gasteiger partial charge on any atom is -0.314 e. The maximum Gasteiger partial charge on any atom is 0.0438 e. The Bertz CT molecular complexity index is 362. The fourth-order valence-electron chi connectivity index (χ4n) is 2.51. The first kappa shape index (κ1) is 17.5. The lowest BCUT2D eigenvalue weighted by molar-refractivity contribution is 0.405. The average Bonchev–Trinajstić information content (AvgIpc) is 2.42. The Balaban J connectivity index is 2.50. The SMILES string of the molecule is CCCCCCC(CNC(C)C)Cc1ccccc1Cl. The van der Waals surface area contributed by atoms with Crippen molar-refractivity contribution in [2.75, 3.05) is 6.54 Å². The summed E-state index contributed by atoms with van der Waals surface area (Å²) in [5.74, 6) is 0.689. The van der Waals surface area contributed by atoms with E-state index in [0.29, 0.717) is 12.0 Å². The van der Waals surface area contributed by atoms with Crippen molar-refractivity contribution in [3.8, 4) is 0 Å². The number of unbranched alkanes of at least 4 members (excludes halogenated alkanes) is 3. The second kappa shape index (κ2) is 10.2. The lowest BCUT2D eigenvalue weighted by Gasteiger charge is -2.20. The molecular formula is C18H30ClN. The van der Waals surface area contributed by atoms with Gasteiger partial charge in [-0.25, -0.2) is 0 Å². The van der Waals surface area contributed by atoms with Crippen molar-refractivity contribution in [1.82, 2.24) is 5.32 Å². The second-order valence-electron chi connectivity index (χ2n) is 6.07. The van der Waals surface area contributed by atoms with E-state index in [4.69, 9.17) is 11.6 Å². The van der Waals surface area contributed by atoms with Crippen molar-refractivity contribution < 1.29 is 0 Å². The molecule has 0 aliphatic carbocycles. The molecule has 0 fully saturated rings. The molecule has 0 heterocycles. The Hall–Kier alpha value is -0.530. The van der Waals surface area contributed by atoms with Gasteiger partial charge in [-0.2, -0.15) is 0 Å². The van der Waals surface area contributed by atoms with E-state index in [-0.39, 0.29) is 0 Å². The fourth-order valence-corrected chi connectivity index (χ4v) is 2.73. The van der Waals surface area contributed by atoms with Gasteiger partial charge in [0.2, 0.25) is 0 Å². The normalized spacial score (nSPS) is 12.8. The van der Waals surface area contributed by atoms with Crippen LogP contribution in [-0.4, -0.2) is 12.6 Å². The summed E-state index contributed by atoms with van der Waals surface area (Å²) in [7, 11) is 0. The van der Waals surface area contributed by atoms with Crippen LogP contribution in [0.5, 0.6) is 0 Å². The van der Waals surface area contributed by atoms with E-state index in [1.807, 2.05) is 12.1 Å². The molecule has 114 valence electrons. The monoisotopic (exact) mass is 295 g/mol. The molecule has 0 aromatic heterocycles.